The standard InChI is InChI=1S/C40H43ClN4O4S/c1-21(2)36(44-40(47)48-4)39(46)45-15-5-6-32(45)38-42-20-31(43-38)24-9-11-29-26-16-25-17-27(41)10-12-28(25)22(3)30(18-26)37(49-33(29)19-24)35-14-13-34(50-35)23-7-8-23/h9-14,16-17,19-23,30,32,36-37H,5-8,15,18H2,1-4H3,(H,42,43)(H,44,47). The number of allylic oxidation sites excluding steroid dienone is 1. The van der Waals surface area contributed by atoms with Gasteiger partial charge < -0.3 is 24.7 Å². The topological polar surface area (TPSA) is 96.6 Å². The van der Waals surface area contributed by atoms with E-state index in [-0.39, 0.29) is 35.8 Å². The van der Waals surface area contributed by atoms with Gasteiger partial charge in [0, 0.05) is 38.4 Å². The van der Waals surface area contributed by atoms with Crippen molar-refractivity contribution in [2.45, 2.75) is 82.9 Å². The SMILES string of the molecule is COC(=O)NC(C(=O)N1CCCC1c1ncc(-c2ccc3c(c2)OC(c2ccc(C4CC4)s2)C2CC3=Cc3cc(Cl)ccc3C2C)[nH]1)C(C)C. The first kappa shape index (κ1) is 33.1. The summed E-state index contributed by atoms with van der Waals surface area (Å²) in [5.41, 5.74) is 6.69. The van der Waals surface area contributed by atoms with Crippen LogP contribution in [0, 0.1) is 11.8 Å². The largest absolute Gasteiger partial charge is 0.484 e. The van der Waals surface area contributed by atoms with Crippen LogP contribution in [-0.4, -0.2) is 46.6 Å². The lowest BCUT2D eigenvalue weighted by atomic mass is 9.80. The number of thiophene rings is 1. The first-order valence-corrected chi connectivity index (χ1v) is 19.0. The molecule has 260 valence electrons. The van der Waals surface area contributed by atoms with Crippen molar-refractivity contribution < 1.29 is 19.1 Å². The number of nitrogens with one attached hydrogen (secondary N) is 2. The van der Waals surface area contributed by atoms with Gasteiger partial charge in [-0.15, -0.1) is 11.3 Å². The van der Waals surface area contributed by atoms with E-state index >= 15 is 0 Å². The fourth-order valence-corrected chi connectivity index (χ4v) is 9.52. The molecule has 2 aliphatic heterocycles. The van der Waals surface area contributed by atoms with Gasteiger partial charge in [0.25, 0.3) is 0 Å². The number of fused-ring (bicyclic) bond motifs is 5. The lowest BCUT2D eigenvalue weighted by Crippen LogP contribution is -2.51. The molecule has 0 spiro atoms. The summed E-state index contributed by atoms with van der Waals surface area (Å²) < 4.78 is 12.0. The average molecular weight is 711 g/mol. The smallest absolute Gasteiger partial charge is 0.407 e. The number of aromatic amines is 1. The maximum absolute atomic E-state index is 13.7. The second-order valence-electron chi connectivity index (χ2n) is 14.6. The van der Waals surface area contributed by atoms with E-state index in [0.717, 1.165) is 52.7 Å². The Morgan fingerprint density at radius 2 is 1.92 bits per heavy atom. The Kier molecular flexibility index (Phi) is 8.76. The zero-order valence-electron chi connectivity index (χ0n) is 28.9. The molecular weight excluding hydrogens is 668 g/mol. The Labute approximate surface area is 302 Å². The van der Waals surface area contributed by atoms with Crippen LogP contribution in [0.15, 0.2) is 54.7 Å². The van der Waals surface area contributed by atoms with E-state index in [9.17, 15) is 9.59 Å². The number of carbonyl (C=O) groups excluding carboxylic acids is 2. The van der Waals surface area contributed by atoms with E-state index in [0.29, 0.717) is 12.5 Å². The summed E-state index contributed by atoms with van der Waals surface area (Å²) in [5.74, 6) is 2.60. The molecule has 10 heteroatoms. The predicted octanol–water partition coefficient (Wildman–Crippen LogP) is 9.51. The minimum absolute atomic E-state index is 0.0908. The van der Waals surface area contributed by atoms with Crippen LogP contribution in [0.2, 0.25) is 5.02 Å². The molecule has 2 N–H and O–H groups in total. The van der Waals surface area contributed by atoms with Crippen LogP contribution in [0.3, 0.4) is 0 Å². The number of ether oxygens (including phenoxy) is 2. The zero-order valence-corrected chi connectivity index (χ0v) is 30.4. The average Bonchev–Trinajstić information content (AvgIpc) is 3.47. The molecule has 2 aromatic carbocycles. The number of carbonyl (C=O) groups is 2. The van der Waals surface area contributed by atoms with Crippen molar-refractivity contribution in [3.8, 4) is 17.0 Å². The van der Waals surface area contributed by atoms with Crippen LogP contribution in [0.1, 0.15) is 109 Å². The van der Waals surface area contributed by atoms with Crippen molar-refractivity contribution in [1.29, 1.82) is 0 Å². The molecule has 2 bridgehead atoms. The summed E-state index contributed by atoms with van der Waals surface area (Å²) in [4.78, 5) is 38.7. The molecule has 2 aliphatic carbocycles. The van der Waals surface area contributed by atoms with Gasteiger partial charge in [0.05, 0.1) is 25.0 Å². The number of nitrogens with zero attached hydrogens (tertiary/aromatic N) is 2. The number of alkyl carbamates (subject to hydrolysis) is 1. The quantitative estimate of drug-likeness (QED) is 0.199. The summed E-state index contributed by atoms with van der Waals surface area (Å²) in [6.45, 7) is 6.78. The van der Waals surface area contributed by atoms with Crippen molar-refractivity contribution in [2.24, 2.45) is 11.8 Å². The Morgan fingerprint density at radius 3 is 2.70 bits per heavy atom. The number of rotatable bonds is 7. The molecule has 2 amide bonds. The summed E-state index contributed by atoms with van der Waals surface area (Å²) in [5, 5.41) is 3.47. The number of hydrogen-bond donors (Lipinski definition) is 2. The third kappa shape index (κ3) is 6.13. The van der Waals surface area contributed by atoms with Crippen molar-refractivity contribution in [3.05, 3.63) is 92.0 Å². The number of aromatic nitrogens is 2. The monoisotopic (exact) mass is 710 g/mol. The van der Waals surface area contributed by atoms with Gasteiger partial charge in [-0.05, 0) is 96.9 Å². The highest BCUT2D eigenvalue weighted by molar-refractivity contribution is 7.12. The molecule has 2 fully saturated rings. The molecule has 8 nitrogen and oxygen atoms in total. The molecule has 1 saturated carbocycles. The first-order chi connectivity index (χ1) is 24.2. The summed E-state index contributed by atoms with van der Waals surface area (Å²) >= 11 is 8.45. The van der Waals surface area contributed by atoms with Crippen LogP contribution in [0.4, 0.5) is 4.79 Å². The molecule has 2 aromatic heterocycles. The molecule has 4 aliphatic rings. The summed E-state index contributed by atoms with van der Waals surface area (Å²) in [7, 11) is 1.31. The molecule has 1 saturated heterocycles. The third-order valence-electron chi connectivity index (χ3n) is 11.0. The van der Waals surface area contributed by atoms with Gasteiger partial charge in [0.1, 0.15) is 23.7 Å². The lowest BCUT2D eigenvalue weighted by Gasteiger charge is -2.30. The fraction of sp³-hybridized carbons (Fsp3) is 0.425. The number of methoxy groups -OCH3 is 1. The van der Waals surface area contributed by atoms with Gasteiger partial charge in [-0.25, -0.2) is 9.78 Å². The molecule has 5 atom stereocenters. The number of likely N-dealkylation sites (tertiary alicyclic amines) is 1. The van der Waals surface area contributed by atoms with E-state index in [1.807, 2.05) is 42.3 Å². The van der Waals surface area contributed by atoms with Crippen molar-refractivity contribution in [1.82, 2.24) is 20.2 Å². The van der Waals surface area contributed by atoms with Gasteiger partial charge in [-0.2, -0.15) is 0 Å². The van der Waals surface area contributed by atoms with Gasteiger partial charge in [-0.1, -0.05) is 56.6 Å². The predicted molar refractivity (Wildman–Crippen MR) is 197 cm³/mol. The number of halogens is 1. The van der Waals surface area contributed by atoms with Gasteiger partial charge in [0.2, 0.25) is 5.91 Å². The second-order valence-corrected chi connectivity index (χ2v) is 16.2. The van der Waals surface area contributed by atoms with Crippen molar-refractivity contribution in [3.63, 3.8) is 0 Å². The maximum atomic E-state index is 13.7. The molecule has 4 heterocycles. The number of benzene rings is 2. The Bertz CT molecular complexity index is 1980. The van der Waals surface area contributed by atoms with Crippen LogP contribution in [-0.2, 0) is 9.53 Å². The van der Waals surface area contributed by atoms with E-state index in [1.165, 1.54) is 46.4 Å². The van der Waals surface area contributed by atoms with Crippen molar-refractivity contribution >= 4 is 46.6 Å². The van der Waals surface area contributed by atoms with Gasteiger partial charge in [0.15, 0.2) is 0 Å². The molecule has 50 heavy (non-hydrogen) atoms. The second kappa shape index (κ2) is 13.2. The number of H-pyrrole nitrogens is 1. The minimum Gasteiger partial charge on any atom is -0.484 e. The van der Waals surface area contributed by atoms with Gasteiger partial charge in [-0.3, -0.25) is 4.79 Å². The highest BCUT2D eigenvalue weighted by Gasteiger charge is 2.40. The van der Waals surface area contributed by atoms with Crippen LogP contribution in [0.5, 0.6) is 5.75 Å². The van der Waals surface area contributed by atoms with Gasteiger partial charge >= 0.3 is 6.09 Å². The van der Waals surface area contributed by atoms with Crippen LogP contribution >= 0.6 is 22.9 Å². The first-order valence-electron chi connectivity index (χ1n) is 17.8. The zero-order chi connectivity index (χ0) is 34.7. The molecule has 8 rings (SSSR count). The third-order valence-corrected chi connectivity index (χ3v) is 12.5. The summed E-state index contributed by atoms with van der Waals surface area (Å²) in [6.07, 6.45) is 8.57. The Hall–Kier alpha value is -4.08. The van der Waals surface area contributed by atoms with Crippen molar-refractivity contribution in [2.75, 3.05) is 13.7 Å². The minimum atomic E-state index is -0.681. The lowest BCUT2D eigenvalue weighted by molar-refractivity contribution is -0.135. The normalized spacial score (nSPS) is 23.2. The number of imidazole rings is 1. The van der Waals surface area contributed by atoms with E-state index in [4.69, 9.17) is 26.1 Å². The maximum Gasteiger partial charge on any atom is 0.407 e. The van der Waals surface area contributed by atoms with Crippen LogP contribution < -0.4 is 10.1 Å². The molecule has 4 aromatic rings. The highest BCUT2D eigenvalue weighted by atomic mass is 35.5. The molecule has 0 radical (unpaired) electrons. The molecular formula is C40H43ClN4O4S. The van der Waals surface area contributed by atoms with E-state index < -0.39 is 12.1 Å². The van der Waals surface area contributed by atoms with E-state index in [2.05, 4.69) is 65.8 Å². The Balaban J connectivity index is 1.13. The van der Waals surface area contributed by atoms with E-state index in [1.54, 1.807) is 0 Å². The summed E-state index contributed by atoms with van der Waals surface area (Å²) in [6, 6.07) is 16.5. The fourth-order valence-electron chi connectivity index (χ4n) is 8.05. The highest BCUT2D eigenvalue weighted by Crippen LogP contribution is 2.53. The number of hydrogen-bond acceptors (Lipinski definition) is 6. The number of amides is 2. The van der Waals surface area contributed by atoms with Crippen LogP contribution in [0.25, 0.3) is 22.9 Å². The molecule has 5 unspecified atom stereocenters. The Morgan fingerprint density at radius 1 is 1.10 bits per heavy atom.